The molecule has 160 valence electrons. The van der Waals surface area contributed by atoms with E-state index in [4.69, 9.17) is 11.6 Å². The second-order valence-electron chi connectivity index (χ2n) is 6.86. The van der Waals surface area contributed by atoms with E-state index < -0.39 is 28.4 Å². The lowest BCUT2D eigenvalue weighted by atomic mass is 9.95. The number of hydrogen-bond donors (Lipinski definition) is 1. The predicted molar refractivity (Wildman–Crippen MR) is 121 cm³/mol. The van der Waals surface area contributed by atoms with Gasteiger partial charge in [-0.25, -0.2) is 4.98 Å². The molecule has 2 heterocycles. The van der Waals surface area contributed by atoms with Crippen LogP contribution >= 0.6 is 27.5 Å². The normalized spacial score (nSPS) is 17.6. The van der Waals surface area contributed by atoms with Crippen LogP contribution in [0.5, 0.6) is 0 Å². The lowest BCUT2D eigenvalue weighted by Crippen LogP contribution is -2.30. The average Bonchev–Trinajstić information content (AvgIpc) is 3.05. The molecule has 4 rings (SSSR count). The van der Waals surface area contributed by atoms with E-state index in [1.807, 2.05) is 0 Å². The van der Waals surface area contributed by atoms with E-state index in [1.54, 1.807) is 12.1 Å². The molecule has 0 bridgehead atoms. The molecule has 1 aliphatic rings. The smallest absolute Gasteiger partial charge is 0.301 e. The molecule has 3 aromatic rings. The summed E-state index contributed by atoms with van der Waals surface area (Å²) in [6.07, 6.45) is 1.46. The van der Waals surface area contributed by atoms with Gasteiger partial charge in [-0.05, 0) is 57.9 Å². The van der Waals surface area contributed by atoms with Crippen LogP contribution in [0.1, 0.15) is 17.2 Å². The molecule has 10 heteroatoms. The molecule has 1 aliphatic heterocycles. The quantitative estimate of drug-likeness (QED) is 0.172. The van der Waals surface area contributed by atoms with Gasteiger partial charge < -0.3 is 5.11 Å². The number of carbonyl (C=O) groups excluding carboxylic acids is 2. The van der Waals surface area contributed by atoms with E-state index in [9.17, 15) is 24.8 Å². The van der Waals surface area contributed by atoms with Crippen LogP contribution in [0.2, 0.25) is 5.02 Å². The zero-order valence-corrected chi connectivity index (χ0v) is 18.4. The van der Waals surface area contributed by atoms with Gasteiger partial charge in [0, 0.05) is 33.4 Å². The minimum Gasteiger partial charge on any atom is -0.507 e. The highest BCUT2D eigenvalue weighted by Crippen LogP contribution is 2.42. The van der Waals surface area contributed by atoms with Gasteiger partial charge in [0.15, 0.2) is 0 Å². The number of benzene rings is 2. The summed E-state index contributed by atoms with van der Waals surface area (Å²) in [4.78, 5) is 42.1. The summed E-state index contributed by atoms with van der Waals surface area (Å²) in [5.74, 6) is -2.11. The molecule has 0 spiro atoms. The molecule has 1 aromatic heterocycles. The molecule has 32 heavy (non-hydrogen) atoms. The number of aliphatic hydroxyl groups is 1. The molecule has 1 fully saturated rings. The Bertz CT molecular complexity index is 1280. The van der Waals surface area contributed by atoms with Gasteiger partial charge in [0.2, 0.25) is 0 Å². The zero-order valence-electron chi connectivity index (χ0n) is 16.1. The summed E-state index contributed by atoms with van der Waals surface area (Å²) in [5.41, 5.74) is 0.121. The number of ketones is 1. The number of rotatable bonds is 4. The number of nitro benzene ring substituents is 1. The van der Waals surface area contributed by atoms with Gasteiger partial charge in [0.1, 0.15) is 11.6 Å². The first-order valence-electron chi connectivity index (χ1n) is 9.21. The van der Waals surface area contributed by atoms with Gasteiger partial charge in [-0.2, -0.15) is 0 Å². The molecule has 2 aromatic carbocycles. The van der Waals surface area contributed by atoms with Crippen molar-refractivity contribution in [2.45, 2.75) is 6.04 Å². The van der Waals surface area contributed by atoms with Gasteiger partial charge in [-0.3, -0.25) is 24.6 Å². The number of halogens is 2. The molecular formula is C22H13BrClN3O5. The Labute approximate surface area is 195 Å². The van der Waals surface area contributed by atoms with E-state index in [0.29, 0.717) is 9.50 Å². The summed E-state index contributed by atoms with van der Waals surface area (Å²) in [5, 5.41) is 22.7. The summed E-state index contributed by atoms with van der Waals surface area (Å²) in [6.45, 7) is 0. The highest BCUT2D eigenvalue weighted by atomic mass is 79.9. The van der Waals surface area contributed by atoms with E-state index in [0.717, 1.165) is 4.90 Å². The number of aromatic nitrogens is 1. The number of aliphatic hydroxyl groups excluding tert-OH is 1. The minimum atomic E-state index is -1.13. The number of Topliss-reactive ketones (excluding diaryl/α,β-unsaturated/α-hetero) is 1. The minimum absolute atomic E-state index is 0.155. The summed E-state index contributed by atoms with van der Waals surface area (Å²) < 4.78 is 0.658. The number of pyridine rings is 1. The van der Waals surface area contributed by atoms with Gasteiger partial charge in [-0.15, -0.1) is 0 Å². The highest BCUT2D eigenvalue weighted by Gasteiger charge is 2.47. The second kappa shape index (κ2) is 8.52. The van der Waals surface area contributed by atoms with Crippen molar-refractivity contribution in [3.63, 3.8) is 0 Å². The number of nitrogens with zero attached hydrogens (tertiary/aromatic N) is 3. The molecule has 1 N–H and O–H groups in total. The highest BCUT2D eigenvalue weighted by molar-refractivity contribution is 9.10. The Morgan fingerprint density at radius 3 is 2.47 bits per heavy atom. The van der Waals surface area contributed by atoms with Gasteiger partial charge in [0.25, 0.3) is 11.5 Å². The maximum Gasteiger partial charge on any atom is 0.301 e. The van der Waals surface area contributed by atoms with Crippen molar-refractivity contribution < 1.29 is 19.6 Å². The molecule has 8 nitrogen and oxygen atoms in total. The number of non-ortho nitro benzene ring substituents is 1. The first kappa shape index (κ1) is 21.7. The first-order chi connectivity index (χ1) is 15.3. The van der Waals surface area contributed by atoms with Gasteiger partial charge in [0.05, 0.1) is 16.5 Å². The SMILES string of the molecule is O=C1C(=O)N(c2ccc(Br)cn2)C(c2cccc([N+](=O)[O-])c2)/C1=C(/O)c1ccc(Cl)cc1. The maximum atomic E-state index is 13.0. The van der Waals surface area contributed by atoms with Gasteiger partial charge in [-0.1, -0.05) is 23.7 Å². The largest absolute Gasteiger partial charge is 0.507 e. The summed E-state index contributed by atoms with van der Waals surface area (Å²) in [7, 11) is 0. The third kappa shape index (κ3) is 3.88. The van der Waals surface area contributed by atoms with Crippen molar-refractivity contribution in [1.82, 2.24) is 4.98 Å². The summed E-state index contributed by atoms with van der Waals surface area (Å²) >= 11 is 9.18. The Hall–Kier alpha value is -3.56. The fraction of sp³-hybridized carbons (Fsp3) is 0.0455. The second-order valence-corrected chi connectivity index (χ2v) is 8.21. The van der Waals surface area contributed by atoms with E-state index in [2.05, 4.69) is 20.9 Å². The fourth-order valence-electron chi connectivity index (χ4n) is 3.47. The third-order valence-electron chi connectivity index (χ3n) is 4.92. The molecule has 0 aliphatic carbocycles. The Kier molecular flexibility index (Phi) is 5.77. The summed E-state index contributed by atoms with van der Waals surface area (Å²) in [6, 6.07) is 13.7. The third-order valence-corrected chi connectivity index (χ3v) is 5.64. The predicted octanol–water partition coefficient (Wildman–Crippen LogP) is 5.03. The fourth-order valence-corrected chi connectivity index (χ4v) is 3.83. The van der Waals surface area contributed by atoms with Crippen molar-refractivity contribution in [3.05, 3.63) is 103 Å². The lowest BCUT2D eigenvalue weighted by molar-refractivity contribution is -0.384. The van der Waals surface area contributed by atoms with Crippen molar-refractivity contribution in [3.8, 4) is 0 Å². The van der Waals surface area contributed by atoms with Crippen molar-refractivity contribution >= 4 is 56.5 Å². The molecule has 1 amide bonds. The molecule has 0 saturated carbocycles. The maximum absolute atomic E-state index is 13.0. The molecule has 1 saturated heterocycles. The molecule has 0 radical (unpaired) electrons. The lowest BCUT2D eigenvalue weighted by Gasteiger charge is -2.24. The average molecular weight is 515 g/mol. The van der Waals surface area contributed by atoms with Crippen LogP contribution in [0.3, 0.4) is 0 Å². The van der Waals surface area contributed by atoms with Gasteiger partial charge >= 0.3 is 5.91 Å². The van der Waals surface area contributed by atoms with E-state index in [-0.39, 0.29) is 28.2 Å². The number of anilines is 1. The van der Waals surface area contributed by atoms with Crippen molar-refractivity contribution in [1.29, 1.82) is 0 Å². The first-order valence-corrected chi connectivity index (χ1v) is 10.4. The van der Waals surface area contributed by atoms with Crippen LogP contribution in [0.4, 0.5) is 11.5 Å². The van der Waals surface area contributed by atoms with E-state index >= 15 is 0 Å². The van der Waals surface area contributed by atoms with Crippen LogP contribution in [-0.2, 0) is 9.59 Å². The molecule has 1 atom stereocenters. The van der Waals surface area contributed by atoms with Crippen LogP contribution in [0.15, 0.2) is 76.9 Å². The topological polar surface area (TPSA) is 114 Å². The van der Waals surface area contributed by atoms with E-state index in [1.165, 1.54) is 54.7 Å². The number of carbonyl (C=O) groups is 2. The zero-order chi connectivity index (χ0) is 23.0. The van der Waals surface area contributed by atoms with Crippen LogP contribution < -0.4 is 4.90 Å². The van der Waals surface area contributed by atoms with Crippen molar-refractivity contribution in [2.24, 2.45) is 0 Å². The van der Waals surface area contributed by atoms with Crippen molar-refractivity contribution in [2.75, 3.05) is 4.90 Å². The number of nitro groups is 1. The number of amides is 1. The number of hydrogen-bond acceptors (Lipinski definition) is 6. The monoisotopic (exact) mass is 513 g/mol. The standard InChI is InChI=1S/C22H13BrClN3O5/c23-14-6-9-17(25-11-14)26-19(13-2-1-3-16(10-13)27(31)32)18(21(29)22(26)30)20(28)12-4-7-15(24)8-5-12/h1-11,19,28H/b20-18-. The Morgan fingerprint density at radius 2 is 1.84 bits per heavy atom. The van der Waals surface area contributed by atoms with Crippen LogP contribution in [-0.4, -0.2) is 26.7 Å². The van der Waals surface area contributed by atoms with Crippen LogP contribution in [0, 0.1) is 10.1 Å². The molecule has 1 unspecified atom stereocenters. The van der Waals surface area contributed by atoms with Crippen LogP contribution in [0.25, 0.3) is 5.76 Å². The Balaban J connectivity index is 1.96. The Morgan fingerprint density at radius 1 is 1.12 bits per heavy atom. The molecular weight excluding hydrogens is 502 g/mol.